The van der Waals surface area contributed by atoms with Crippen LogP contribution in [-0.2, 0) is 0 Å². The molecule has 3 nitrogen and oxygen atoms in total. The molecule has 0 spiro atoms. The van der Waals surface area contributed by atoms with E-state index in [-0.39, 0.29) is 0 Å². The summed E-state index contributed by atoms with van der Waals surface area (Å²) in [6, 6.07) is 9.87. The van der Waals surface area contributed by atoms with E-state index < -0.39 is 5.72 Å². The molecule has 0 fully saturated rings. The topological polar surface area (TPSA) is 44.6 Å². The molecule has 15 heavy (non-hydrogen) atoms. The highest BCUT2D eigenvalue weighted by Gasteiger charge is 2.22. The molecule has 1 atom stereocenters. The summed E-state index contributed by atoms with van der Waals surface area (Å²) in [5.41, 5.74) is 3.65. The third-order valence-electron chi connectivity index (χ3n) is 2.50. The number of nitrogens with one attached hydrogen (secondary N) is 1. The third-order valence-corrected chi connectivity index (χ3v) is 2.50. The largest absolute Gasteiger partial charge is 0.366 e. The van der Waals surface area contributed by atoms with Gasteiger partial charge < -0.3 is 5.11 Å². The first-order valence-electron chi connectivity index (χ1n) is 5.05. The second-order valence-electron chi connectivity index (χ2n) is 3.59. The Morgan fingerprint density at radius 1 is 1.33 bits per heavy atom. The predicted molar refractivity (Wildman–Crippen MR) is 60.5 cm³/mol. The van der Waals surface area contributed by atoms with Crippen molar-refractivity contribution >= 4 is 5.71 Å². The molecule has 0 bridgehead atoms. The summed E-state index contributed by atoms with van der Waals surface area (Å²) in [5, 5.41) is 14.0. The lowest BCUT2D eigenvalue weighted by atomic mass is 10.1. The molecule has 1 aromatic carbocycles. The Hall–Kier alpha value is -1.61. The van der Waals surface area contributed by atoms with Gasteiger partial charge in [-0.25, -0.2) is 0 Å². The van der Waals surface area contributed by atoms with E-state index in [1.807, 2.05) is 43.3 Å². The average Bonchev–Trinajstić information content (AvgIpc) is 2.31. The van der Waals surface area contributed by atoms with Gasteiger partial charge in [-0.1, -0.05) is 37.3 Å². The van der Waals surface area contributed by atoms with Crippen molar-refractivity contribution in [2.45, 2.75) is 19.1 Å². The molecule has 3 heteroatoms. The minimum atomic E-state index is -0.988. The van der Waals surface area contributed by atoms with Crippen LogP contribution in [0.25, 0.3) is 0 Å². The van der Waals surface area contributed by atoms with Crippen LogP contribution in [0.4, 0.5) is 0 Å². The van der Waals surface area contributed by atoms with Gasteiger partial charge in [0.1, 0.15) is 0 Å². The zero-order valence-corrected chi connectivity index (χ0v) is 8.64. The molecule has 2 rings (SSSR count). The highest BCUT2D eigenvalue weighted by molar-refractivity contribution is 6.09. The molecule has 1 aliphatic rings. The van der Waals surface area contributed by atoms with Gasteiger partial charge in [-0.2, -0.15) is 5.10 Å². The second kappa shape index (κ2) is 3.87. The molecule has 2 N–H and O–H groups in total. The van der Waals surface area contributed by atoms with Crippen LogP contribution in [0.5, 0.6) is 0 Å². The van der Waals surface area contributed by atoms with Crippen molar-refractivity contribution in [1.29, 1.82) is 0 Å². The van der Waals surface area contributed by atoms with Crippen LogP contribution in [0.2, 0.25) is 0 Å². The van der Waals surface area contributed by atoms with E-state index in [0.717, 1.165) is 11.3 Å². The first kappa shape index (κ1) is 9.93. The number of aliphatic hydroxyl groups is 1. The fraction of sp³-hybridized carbons (Fsp3) is 0.250. The molecule has 0 saturated heterocycles. The summed E-state index contributed by atoms with van der Waals surface area (Å²) in [7, 11) is 0. The van der Waals surface area contributed by atoms with E-state index in [0.29, 0.717) is 6.42 Å². The monoisotopic (exact) mass is 202 g/mol. The van der Waals surface area contributed by atoms with E-state index in [1.54, 1.807) is 6.08 Å². The van der Waals surface area contributed by atoms with Gasteiger partial charge in [0.2, 0.25) is 0 Å². The summed E-state index contributed by atoms with van der Waals surface area (Å²) >= 11 is 0. The Labute approximate surface area is 89.1 Å². The fourth-order valence-electron chi connectivity index (χ4n) is 1.41. The van der Waals surface area contributed by atoms with Crippen molar-refractivity contribution < 1.29 is 5.11 Å². The van der Waals surface area contributed by atoms with E-state index in [9.17, 15) is 5.11 Å². The molecule has 0 radical (unpaired) electrons. The fourth-order valence-corrected chi connectivity index (χ4v) is 1.41. The average molecular weight is 202 g/mol. The van der Waals surface area contributed by atoms with Gasteiger partial charge in [-0.3, -0.25) is 5.43 Å². The van der Waals surface area contributed by atoms with Gasteiger partial charge in [0.25, 0.3) is 0 Å². The number of hydrazone groups is 1. The van der Waals surface area contributed by atoms with Crippen LogP contribution in [0.3, 0.4) is 0 Å². The van der Waals surface area contributed by atoms with Crippen molar-refractivity contribution in [1.82, 2.24) is 5.43 Å². The smallest absolute Gasteiger partial charge is 0.169 e. The summed E-state index contributed by atoms with van der Waals surface area (Å²) < 4.78 is 0. The van der Waals surface area contributed by atoms with E-state index in [1.165, 1.54) is 0 Å². The SMILES string of the molecule is CCC1(O)C=CC(c2ccccc2)=NN1. The van der Waals surface area contributed by atoms with Gasteiger partial charge in [0.05, 0.1) is 5.71 Å². The summed E-state index contributed by atoms with van der Waals surface area (Å²) in [4.78, 5) is 0. The van der Waals surface area contributed by atoms with Crippen molar-refractivity contribution in [3.05, 3.63) is 48.0 Å². The number of hydrogen-bond donors (Lipinski definition) is 2. The lowest BCUT2D eigenvalue weighted by molar-refractivity contribution is 0.0503. The van der Waals surface area contributed by atoms with Crippen LogP contribution in [0, 0.1) is 0 Å². The Balaban J connectivity index is 2.20. The standard InChI is InChI=1S/C12H14N2O/c1-2-12(15)9-8-11(13-14-12)10-6-4-3-5-7-10/h3-9,14-15H,2H2,1H3. The first-order valence-corrected chi connectivity index (χ1v) is 5.05. The number of benzene rings is 1. The number of allylic oxidation sites excluding steroid dienone is 1. The zero-order valence-electron chi connectivity index (χ0n) is 8.64. The lowest BCUT2D eigenvalue weighted by Gasteiger charge is -2.25. The minimum Gasteiger partial charge on any atom is -0.366 e. The Bertz CT molecular complexity index is 397. The van der Waals surface area contributed by atoms with E-state index in [4.69, 9.17) is 0 Å². The molecule has 1 heterocycles. The Kier molecular flexibility index (Phi) is 2.56. The number of nitrogens with zero attached hydrogens (tertiary/aromatic N) is 1. The molecule has 0 amide bonds. The van der Waals surface area contributed by atoms with Crippen molar-refractivity contribution in [3.8, 4) is 0 Å². The summed E-state index contributed by atoms with van der Waals surface area (Å²) in [5.74, 6) is 0. The van der Waals surface area contributed by atoms with Crippen molar-refractivity contribution in [2.75, 3.05) is 0 Å². The minimum absolute atomic E-state index is 0.592. The van der Waals surface area contributed by atoms with Gasteiger partial charge in [0, 0.05) is 5.56 Å². The summed E-state index contributed by atoms with van der Waals surface area (Å²) in [6.07, 6.45) is 4.17. The quantitative estimate of drug-likeness (QED) is 0.766. The Morgan fingerprint density at radius 3 is 2.60 bits per heavy atom. The highest BCUT2D eigenvalue weighted by Crippen LogP contribution is 2.14. The first-order chi connectivity index (χ1) is 7.23. The van der Waals surface area contributed by atoms with E-state index >= 15 is 0 Å². The maximum absolute atomic E-state index is 9.84. The molecule has 0 aliphatic carbocycles. The van der Waals surface area contributed by atoms with Gasteiger partial charge in [-0.05, 0) is 18.6 Å². The van der Waals surface area contributed by atoms with Crippen LogP contribution in [-0.4, -0.2) is 16.5 Å². The molecule has 0 saturated carbocycles. The third kappa shape index (κ3) is 2.07. The predicted octanol–water partition coefficient (Wildman–Crippen LogP) is 1.65. The normalized spacial score (nSPS) is 24.5. The molecule has 1 aromatic rings. The number of rotatable bonds is 2. The molecule has 1 aliphatic heterocycles. The lowest BCUT2D eigenvalue weighted by Crippen LogP contribution is -2.42. The van der Waals surface area contributed by atoms with Crippen LogP contribution in [0.15, 0.2) is 47.6 Å². The van der Waals surface area contributed by atoms with Crippen LogP contribution in [0.1, 0.15) is 18.9 Å². The second-order valence-corrected chi connectivity index (χ2v) is 3.59. The maximum Gasteiger partial charge on any atom is 0.169 e. The van der Waals surface area contributed by atoms with Gasteiger partial charge in [-0.15, -0.1) is 0 Å². The summed E-state index contributed by atoms with van der Waals surface area (Å²) in [6.45, 7) is 1.90. The highest BCUT2D eigenvalue weighted by atomic mass is 16.3. The molecular formula is C12H14N2O. The van der Waals surface area contributed by atoms with Gasteiger partial charge >= 0.3 is 0 Å². The van der Waals surface area contributed by atoms with Crippen molar-refractivity contribution in [2.24, 2.45) is 5.10 Å². The molecular weight excluding hydrogens is 188 g/mol. The molecule has 1 unspecified atom stereocenters. The molecule has 78 valence electrons. The van der Waals surface area contributed by atoms with Crippen LogP contribution < -0.4 is 5.43 Å². The Morgan fingerprint density at radius 2 is 2.07 bits per heavy atom. The van der Waals surface area contributed by atoms with E-state index in [2.05, 4.69) is 10.5 Å². The van der Waals surface area contributed by atoms with Gasteiger partial charge in [0.15, 0.2) is 5.72 Å². The maximum atomic E-state index is 9.84. The number of hydrogen-bond acceptors (Lipinski definition) is 3. The zero-order chi connectivity index (χ0) is 10.7. The molecule has 0 aromatic heterocycles. The van der Waals surface area contributed by atoms with Crippen LogP contribution >= 0.6 is 0 Å². The van der Waals surface area contributed by atoms with Crippen molar-refractivity contribution in [3.63, 3.8) is 0 Å².